The van der Waals surface area contributed by atoms with Crippen LogP contribution in [0.4, 0.5) is 0 Å². The first kappa shape index (κ1) is 10.5. The number of rotatable bonds is 4. The molecule has 0 aromatic rings. The van der Waals surface area contributed by atoms with Crippen molar-refractivity contribution in [3.8, 4) is 0 Å². The fourth-order valence-electron chi connectivity index (χ4n) is 1.45. The summed E-state index contributed by atoms with van der Waals surface area (Å²) in [7, 11) is 0. The molecule has 0 saturated carbocycles. The molecule has 64 valence electrons. The topological polar surface area (TPSA) is 0 Å². The van der Waals surface area contributed by atoms with Gasteiger partial charge in [-0.3, -0.25) is 0 Å². The predicted molar refractivity (Wildman–Crippen MR) is 52.6 cm³/mol. The average Bonchev–Trinajstić information content (AvgIpc) is 1.81. The van der Waals surface area contributed by atoms with Crippen LogP contribution in [-0.2, 0) is 0 Å². The molecule has 0 fully saturated rings. The summed E-state index contributed by atoms with van der Waals surface area (Å²) in [5, 5.41) is 0. The van der Waals surface area contributed by atoms with Gasteiger partial charge in [0.2, 0.25) is 0 Å². The maximum atomic E-state index is 3.66. The fraction of sp³-hybridized carbons (Fsp3) is 0.636. The second-order valence-electron chi connectivity index (χ2n) is 4.18. The summed E-state index contributed by atoms with van der Waals surface area (Å²) in [6.45, 7) is 12.7. The second-order valence-corrected chi connectivity index (χ2v) is 4.18. The lowest BCUT2D eigenvalue weighted by Gasteiger charge is -2.22. The smallest absolute Gasteiger partial charge is 0.0169 e. The van der Waals surface area contributed by atoms with Gasteiger partial charge >= 0.3 is 0 Å². The van der Waals surface area contributed by atoms with Gasteiger partial charge < -0.3 is 0 Å². The van der Waals surface area contributed by atoms with E-state index in [0.29, 0.717) is 5.41 Å². The van der Waals surface area contributed by atoms with Crippen molar-refractivity contribution >= 4 is 0 Å². The van der Waals surface area contributed by atoms with Crippen molar-refractivity contribution in [1.29, 1.82) is 0 Å². The van der Waals surface area contributed by atoms with E-state index < -0.39 is 0 Å². The highest BCUT2D eigenvalue weighted by atomic mass is 14.2. The first-order valence-corrected chi connectivity index (χ1v) is 4.28. The van der Waals surface area contributed by atoms with Crippen LogP contribution in [0.3, 0.4) is 0 Å². The standard InChI is InChI=1S/C11H20/c1-6-7-8-11(4,5)9-10(2)3/h6-8,10H,1,9H2,2-5H3/b8-7+. The quantitative estimate of drug-likeness (QED) is 0.537. The van der Waals surface area contributed by atoms with Gasteiger partial charge in [0, 0.05) is 0 Å². The lowest BCUT2D eigenvalue weighted by atomic mass is 9.84. The Labute approximate surface area is 71.0 Å². The summed E-state index contributed by atoms with van der Waals surface area (Å²) >= 11 is 0. The third-order valence-electron chi connectivity index (χ3n) is 1.62. The van der Waals surface area contributed by atoms with Crippen LogP contribution in [0.1, 0.15) is 34.1 Å². The van der Waals surface area contributed by atoms with Crippen molar-refractivity contribution in [3.63, 3.8) is 0 Å². The lowest BCUT2D eigenvalue weighted by molar-refractivity contribution is 0.366. The van der Waals surface area contributed by atoms with E-state index in [2.05, 4.69) is 40.3 Å². The minimum atomic E-state index is 0.322. The molecule has 0 aromatic heterocycles. The molecule has 0 aliphatic heterocycles. The molecule has 0 bridgehead atoms. The van der Waals surface area contributed by atoms with Gasteiger partial charge in [-0.25, -0.2) is 0 Å². The highest BCUT2D eigenvalue weighted by molar-refractivity contribution is 5.03. The minimum Gasteiger partial charge on any atom is -0.0991 e. The molecule has 0 N–H and O–H groups in total. The summed E-state index contributed by atoms with van der Waals surface area (Å²) in [6.07, 6.45) is 7.32. The van der Waals surface area contributed by atoms with E-state index >= 15 is 0 Å². The third kappa shape index (κ3) is 5.90. The van der Waals surface area contributed by atoms with Crippen LogP contribution in [-0.4, -0.2) is 0 Å². The van der Waals surface area contributed by atoms with Crippen LogP contribution < -0.4 is 0 Å². The first-order valence-electron chi connectivity index (χ1n) is 4.28. The summed E-state index contributed by atoms with van der Waals surface area (Å²) in [5.74, 6) is 0.763. The minimum absolute atomic E-state index is 0.322. The van der Waals surface area contributed by atoms with Crippen LogP contribution in [0.5, 0.6) is 0 Å². The van der Waals surface area contributed by atoms with E-state index in [-0.39, 0.29) is 0 Å². The maximum absolute atomic E-state index is 3.66. The molecule has 0 atom stereocenters. The Morgan fingerprint density at radius 2 is 1.91 bits per heavy atom. The summed E-state index contributed by atoms with van der Waals surface area (Å²) < 4.78 is 0. The van der Waals surface area contributed by atoms with Crippen LogP contribution in [0.15, 0.2) is 24.8 Å². The van der Waals surface area contributed by atoms with E-state index in [0.717, 1.165) is 5.92 Å². The van der Waals surface area contributed by atoms with Crippen molar-refractivity contribution in [2.45, 2.75) is 34.1 Å². The van der Waals surface area contributed by atoms with E-state index in [1.807, 2.05) is 12.2 Å². The zero-order chi connectivity index (χ0) is 8.91. The van der Waals surface area contributed by atoms with E-state index in [9.17, 15) is 0 Å². The van der Waals surface area contributed by atoms with Crippen molar-refractivity contribution in [3.05, 3.63) is 24.8 Å². The van der Waals surface area contributed by atoms with Gasteiger partial charge in [0.15, 0.2) is 0 Å². The number of allylic oxidation sites excluding steroid dienone is 3. The summed E-state index contributed by atoms with van der Waals surface area (Å²) in [6, 6.07) is 0. The summed E-state index contributed by atoms with van der Waals surface area (Å²) in [5.41, 5.74) is 0.322. The zero-order valence-corrected chi connectivity index (χ0v) is 8.22. The highest BCUT2D eigenvalue weighted by Gasteiger charge is 2.14. The van der Waals surface area contributed by atoms with Crippen molar-refractivity contribution in [2.24, 2.45) is 11.3 Å². The molecule has 0 nitrogen and oxygen atoms in total. The van der Waals surface area contributed by atoms with Gasteiger partial charge in [0.1, 0.15) is 0 Å². The molecule has 0 radical (unpaired) electrons. The third-order valence-corrected chi connectivity index (χ3v) is 1.62. The number of hydrogen-bond acceptors (Lipinski definition) is 0. The largest absolute Gasteiger partial charge is 0.0991 e. The molecule has 0 heteroatoms. The van der Waals surface area contributed by atoms with Gasteiger partial charge in [-0.1, -0.05) is 52.5 Å². The normalized spacial score (nSPS) is 12.8. The second kappa shape index (κ2) is 4.38. The highest BCUT2D eigenvalue weighted by Crippen LogP contribution is 2.26. The summed E-state index contributed by atoms with van der Waals surface area (Å²) in [4.78, 5) is 0. The van der Waals surface area contributed by atoms with Crippen LogP contribution >= 0.6 is 0 Å². The molecule has 11 heavy (non-hydrogen) atoms. The van der Waals surface area contributed by atoms with Gasteiger partial charge in [0.25, 0.3) is 0 Å². The molecule has 0 aromatic carbocycles. The van der Waals surface area contributed by atoms with Crippen molar-refractivity contribution in [2.75, 3.05) is 0 Å². The van der Waals surface area contributed by atoms with Gasteiger partial charge in [-0.2, -0.15) is 0 Å². The Balaban J connectivity index is 3.98. The predicted octanol–water partition coefficient (Wildman–Crippen LogP) is 3.80. The Morgan fingerprint density at radius 1 is 1.36 bits per heavy atom. The molecule has 0 unspecified atom stereocenters. The van der Waals surface area contributed by atoms with Gasteiger partial charge in [-0.05, 0) is 17.8 Å². The van der Waals surface area contributed by atoms with E-state index in [1.54, 1.807) is 0 Å². The van der Waals surface area contributed by atoms with Gasteiger partial charge in [0.05, 0.1) is 0 Å². The molecular weight excluding hydrogens is 132 g/mol. The van der Waals surface area contributed by atoms with E-state index in [4.69, 9.17) is 0 Å². The first-order chi connectivity index (χ1) is 4.98. The molecule has 0 amide bonds. The fourth-order valence-corrected chi connectivity index (χ4v) is 1.45. The Morgan fingerprint density at radius 3 is 2.27 bits per heavy atom. The Hall–Kier alpha value is -0.520. The van der Waals surface area contributed by atoms with Crippen molar-refractivity contribution in [1.82, 2.24) is 0 Å². The molecular formula is C11H20. The maximum Gasteiger partial charge on any atom is -0.0169 e. The van der Waals surface area contributed by atoms with E-state index in [1.165, 1.54) is 6.42 Å². The zero-order valence-electron chi connectivity index (χ0n) is 8.22. The van der Waals surface area contributed by atoms with Gasteiger partial charge in [-0.15, -0.1) is 0 Å². The monoisotopic (exact) mass is 152 g/mol. The molecule has 0 heterocycles. The number of hydrogen-bond donors (Lipinski definition) is 0. The van der Waals surface area contributed by atoms with Crippen LogP contribution in [0, 0.1) is 11.3 Å². The Bertz CT molecular complexity index is 138. The SMILES string of the molecule is C=C/C=C/C(C)(C)CC(C)C. The van der Waals surface area contributed by atoms with Crippen LogP contribution in [0.2, 0.25) is 0 Å². The molecule has 0 rings (SSSR count). The molecule has 0 aliphatic rings. The average molecular weight is 152 g/mol. The molecule has 0 saturated heterocycles. The molecule has 0 aliphatic carbocycles. The lowest BCUT2D eigenvalue weighted by Crippen LogP contribution is -2.10. The van der Waals surface area contributed by atoms with Crippen molar-refractivity contribution < 1.29 is 0 Å². The van der Waals surface area contributed by atoms with Crippen LogP contribution in [0.25, 0.3) is 0 Å². The molecule has 0 spiro atoms. The Kier molecular flexibility index (Phi) is 4.17.